The van der Waals surface area contributed by atoms with Gasteiger partial charge in [-0.2, -0.15) is 0 Å². The molecular weight excluding hydrogens is 138 g/mol. The van der Waals surface area contributed by atoms with Gasteiger partial charge in [-0.1, -0.05) is 27.7 Å². The average Bonchev–Trinajstić information content (AvgIpc) is 1.86. The fourth-order valence-corrected chi connectivity index (χ4v) is 1.28. The maximum absolute atomic E-state index is 11.3. The molecule has 0 aliphatic heterocycles. The normalized spacial score (nSPS) is 14.6. The van der Waals surface area contributed by atoms with Crippen molar-refractivity contribution >= 4 is 5.78 Å². The SMILES string of the molecule is CCC(=O)[C@@H](NC)C(C)(C)C. The Morgan fingerprint density at radius 1 is 1.45 bits per heavy atom. The van der Waals surface area contributed by atoms with Crippen LogP contribution in [0, 0.1) is 5.41 Å². The monoisotopic (exact) mass is 157 g/mol. The lowest BCUT2D eigenvalue weighted by molar-refractivity contribution is -0.123. The molecule has 2 heteroatoms. The Hall–Kier alpha value is -0.370. The number of hydrogen-bond acceptors (Lipinski definition) is 2. The first-order valence-corrected chi connectivity index (χ1v) is 4.13. The van der Waals surface area contributed by atoms with E-state index in [-0.39, 0.29) is 11.5 Å². The van der Waals surface area contributed by atoms with Crippen LogP contribution in [0.4, 0.5) is 0 Å². The van der Waals surface area contributed by atoms with Gasteiger partial charge in [0.05, 0.1) is 6.04 Å². The summed E-state index contributed by atoms with van der Waals surface area (Å²) in [4.78, 5) is 11.3. The third kappa shape index (κ3) is 3.02. The van der Waals surface area contributed by atoms with Crippen LogP contribution in [0.15, 0.2) is 0 Å². The van der Waals surface area contributed by atoms with Crippen molar-refractivity contribution in [2.75, 3.05) is 7.05 Å². The minimum atomic E-state index is -0.00694. The van der Waals surface area contributed by atoms with Gasteiger partial charge in [-0.05, 0) is 12.5 Å². The van der Waals surface area contributed by atoms with Crippen LogP contribution in [0.3, 0.4) is 0 Å². The minimum absolute atomic E-state index is 0.00694. The topological polar surface area (TPSA) is 29.1 Å². The number of carbonyl (C=O) groups excluding carboxylic acids is 1. The van der Waals surface area contributed by atoms with Crippen molar-refractivity contribution in [3.8, 4) is 0 Å². The van der Waals surface area contributed by atoms with E-state index in [1.807, 2.05) is 14.0 Å². The van der Waals surface area contributed by atoms with Crippen LogP contribution in [0.5, 0.6) is 0 Å². The van der Waals surface area contributed by atoms with Crippen LogP contribution in [-0.4, -0.2) is 18.9 Å². The first kappa shape index (κ1) is 10.6. The van der Waals surface area contributed by atoms with E-state index in [9.17, 15) is 4.79 Å². The smallest absolute Gasteiger partial charge is 0.149 e. The third-order valence-corrected chi connectivity index (χ3v) is 1.83. The highest BCUT2D eigenvalue weighted by Gasteiger charge is 2.27. The Bertz CT molecular complexity index is 135. The van der Waals surface area contributed by atoms with Crippen molar-refractivity contribution in [1.29, 1.82) is 0 Å². The lowest BCUT2D eigenvalue weighted by atomic mass is 9.83. The molecule has 0 saturated carbocycles. The van der Waals surface area contributed by atoms with Crippen molar-refractivity contribution in [2.45, 2.75) is 40.2 Å². The lowest BCUT2D eigenvalue weighted by Crippen LogP contribution is -2.44. The van der Waals surface area contributed by atoms with Gasteiger partial charge in [0.15, 0.2) is 0 Å². The number of carbonyl (C=O) groups is 1. The van der Waals surface area contributed by atoms with Crippen LogP contribution < -0.4 is 5.32 Å². The molecule has 11 heavy (non-hydrogen) atoms. The second-order valence-electron chi connectivity index (χ2n) is 3.91. The van der Waals surface area contributed by atoms with E-state index in [0.717, 1.165) is 0 Å². The summed E-state index contributed by atoms with van der Waals surface area (Å²) in [5.41, 5.74) is 0.0296. The number of hydrogen-bond donors (Lipinski definition) is 1. The standard InChI is InChI=1S/C9H19NO/c1-6-7(11)8(10-5)9(2,3)4/h8,10H,6H2,1-5H3/t8-/m1/s1. The lowest BCUT2D eigenvalue weighted by Gasteiger charge is -2.28. The Labute approximate surface area is 69.4 Å². The number of ketones is 1. The van der Waals surface area contributed by atoms with Gasteiger partial charge >= 0.3 is 0 Å². The molecule has 0 saturated heterocycles. The predicted molar refractivity (Wildman–Crippen MR) is 47.6 cm³/mol. The van der Waals surface area contributed by atoms with E-state index in [2.05, 4.69) is 26.1 Å². The Morgan fingerprint density at radius 2 is 1.91 bits per heavy atom. The summed E-state index contributed by atoms with van der Waals surface area (Å²) in [6.07, 6.45) is 0.614. The number of nitrogens with one attached hydrogen (secondary N) is 1. The summed E-state index contributed by atoms with van der Waals surface area (Å²) in [5, 5.41) is 3.04. The molecular formula is C9H19NO. The third-order valence-electron chi connectivity index (χ3n) is 1.83. The summed E-state index contributed by atoms with van der Waals surface area (Å²) < 4.78 is 0. The molecule has 0 fully saturated rings. The first-order valence-electron chi connectivity index (χ1n) is 4.13. The predicted octanol–water partition coefficient (Wildman–Crippen LogP) is 1.60. The van der Waals surface area contributed by atoms with Gasteiger partial charge in [0.1, 0.15) is 5.78 Å². The molecule has 1 atom stereocenters. The zero-order valence-corrected chi connectivity index (χ0v) is 8.19. The van der Waals surface area contributed by atoms with Gasteiger partial charge in [-0.3, -0.25) is 4.79 Å². The Morgan fingerprint density at radius 3 is 2.00 bits per heavy atom. The average molecular weight is 157 g/mol. The molecule has 0 amide bonds. The summed E-state index contributed by atoms with van der Waals surface area (Å²) in [6.45, 7) is 8.11. The van der Waals surface area contributed by atoms with E-state index in [0.29, 0.717) is 12.2 Å². The fourth-order valence-electron chi connectivity index (χ4n) is 1.28. The second kappa shape index (κ2) is 3.86. The fraction of sp³-hybridized carbons (Fsp3) is 0.889. The van der Waals surface area contributed by atoms with E-state index in [1.54, 1.807) is 0 Å². The highest BCUT2D eigenvalue weighted by Crippen LogP contribution is 2.20. The Kier molecular flexibility index (Phi) is 3.73. The summed E-state index contributed by atoms with van der Waals surface area (Å²) in [5.74, 6) is 0.292. The Balaban J connectivity index is 4.29. The van der Waals surface area contributed by atoms with Crippen LogP contribution in [0.2, 0.25) is 0 Å². The molecule has 0 rings (SSSR count). The molecule has 0 aromatic rings. The molecule has 0 radical (unpaired) electrons. The molecule has 0 aromatic carbocycles. The quantitative estimate of drug-likeness (QED) is 0.674. The van der Waals surface area contributed by atoms with Crippen LogP contribution in [0.1, 0.15) is 34.1 Å². The highest BCUT2D eigenvalue weighted by molar-refractivity contribution is 5.84. The zero-order valence-electron chi connectivity index (χ0n) is 8.19. The maximum Gasteiger partial charge on any atom is 0.149 e. The first-order chi connectivity index (χ1) is 4.93. The number of likely N-dealkylation sites (N-methyl/N-ethyl adjacent to an activating group) is 1. The largest absolute Gasteiger partial charge is 0.310 e. The molecule has 0 unspecified atom stereocenters. The van der Waals surface area contributed by atoms with E-state index in [4.69, 9.17) is 0 Å². The van der Waals surface area contributed by atoms with Crippen LogP contribution >= 0.6 is 0 Å². The molecule has 0 aromatic heterocycles. The molecule has 0 spiro atoms. The molecule has 66 valence electrons. The van der Waals surface area contributed by atoms with Gasteiger partial charge in [-0.15, -0.1) is 0 Å². The van der Waals surface area contributed by atoms with Crippen molar-refractivity contribution in [2.24, 2.45) is 5.41 Å². The highest BCUT2D eigenvalue weighted by atomic mass is 16.1. The second-order valence-corrected chi connectivity index (χ2v) is 3.91. The zero-order chi connectivity index (χ0) is 9.07. The molecule has 0 aliphatic rings. The van der Waals surface area contributed by atoms with E-state index >= 15 is 0 Å². The van der Waals surface area contributed by atoms with Crippen molar-refractivity contribution < 1.29 is 4.79 Å². The maximum atomic E-state index is 11.3. The van der Waals surface area contributed by atoms with E-state index in [1.165, 1.54) is 0 Å². The molecule has 1 N–H and O–H groups in total. The van der Waals surface area contributed by atoms with Gasteiger partial charge in [0.25, 0.3) is 0 Å². The van der Waals surface area contributed by atoms with Crippen LogP contribution in [-0.2, 0) is 4.79 Å². The molecule has 0 aliphatic carbocycles. The van der Waals surface area contributed by atoms with Gasteiger partial charge in [0.2, 0.25) is 0 Å². The minimum Gasteiger partial charge on any atom is -0.310 e. The van der Waals surface area contributed by atoms with Crippen molar-refractivity contribution in [1.82, 2.24) is 5.32 Å². The molecule has 2 nitrogen and oxygen atoms in total. The van der Waals surface area contributed by atoms with Gasteiger partial charge in [-0.25, -0.2) is 0 Å². The molecule has 0 bridgehead atoms. The van der Waals surface area contributed by atoms with Gasteiger partial charge < -0.3 is 5.32 Å². The van der Waals surface area contributed by atoms with Crippen molar-refractivity contribution in [3.05, 3.63) is 0 Å². The molecule has 0 heterocycles. The summed E-state index contributed by atoms with van der Waals surface area (Å²) in [7, 11) is 1.84. The number of Topliss-reactive ketones (excluding diaryl/α,β-unsaturated/α-hetero) is 1. The summed E-state index contributed by atoms with van der Waals surface area (Å²) in [6, 6.07) is -0.00694. The van der Waals surface area contributed by atoms with Gasteiger partial charge in [0, 0.05) is 6.42 Å². The van der Waals surface area contributed by atoms with Crippen molar-refractivity contribution in [3.63, 3.8) is 0 Å². The van der Waals surface area contributed by atoms with E-state index < -0.39 is 0 Å². The number of rotatable bonds is 3. The van der Waals surface area contributed by atoms with Crippen LogP contribution in [0.25, 0.3) is 0 Å². The summed E-state index contributed by atoms with van der Waals surface area (Å²) >= 11 is 0.